The molecular weight excluding hydrogens is 364 g/mol. The number of hydrogen-bond acceptors (Lipinski definition) is 2. The van der Waals surface area contributed by atoms with Crippen LogP contribution in [0.15, 0.2) is 12.1 Å². The first-order valence-electron chi connectivity index (χ1n) is 11.6. The molecule has 0 radical (unpaired) electrons. The van der Waals surface area contributed by atoms with Gasteiger partial charge in [-0.2, -0.15) is 0 Å². The largest absolute Gasteiger partial charge is 0.478 e. The molecule has 1 aromatic rings. The van der Waals surface area contributed by atoms with E-state index in [2.05, 4.69) is 13.8 Å². The smallest absolute Gasteiger partial charge is 0.336 e. The molecule has 1 aromatic carbocycles. The average molecular weight is 405 g/mol. The van der Waals surface area contributed by atoms with Gasteiger partial charge in [0, 0.05) is 0 Å². The van der Waals surface area contributed by atoms with Gasteiger partial charge in [0.2, 0.25) is 0 Å². The number of rotatable bonds is 17. The van der Waals surface area contributed by atoms with E-state index in [1.807, 2.05) is 0 Å². The minimum absolute atomic E-state index is 0.00785. The molecular formula is C25H40O4. The molecule has 0 aromatic heterocycles. The Balaban J connectivity index is 2.44. The number of carboxylic acids is 2. The zero-order valence-electron chi connectivity index (χ0n) is 18.5. The van der Waals surface area contributed by atoms with Crippen molar-refractivity contribution in [3.63, 3.8) is 0 Å². The highest BCUT2D eigenvalue weighted by atomic mass is 16.4. The van der Waals surface area contributed by atoms with Crippen molar-refractivity contribution in [3.05, 3.63) is 34.4 Å². The molecule has 0 bridgehead atoms. The standard InChI is InChI=1S/C25H40O4/c1-3-5-6-7-8-9-10-11-12-13-14-15-17-21-20(16-4-2)18-19-22(24(26)27)23(21)25(28)29/h18-19H,3-17H2,1-2H3,(H,26,27)(H,28,29). The third-order valence-corrected chi connectivity index (χ3v) is 5.65. The first-order chi connectivity index (χ1) is 14.0. The van der Waals surface area contributed by atoms with Gasteiger partial charge in [-0.05, 0) is 36.5 Å². The molecule has 0 heterocycles. The lowest BCUT2D eigenvalue weighted by atomic mass is 9.90. The van der Waals surface area contributed by atoms with Crippen molar-refractivity contribution in [2.24, 2.45) is 0 Å². The van der Waals surface area contributed by atoms with E-state index in [1.165, 1.54) is 70.3 Å². The molecule has 0 aliphatic rings. The summed E-state index contributed by atoms with van der Waals surface area (Å²) in [5.41, 5.74) is 1.61. The normalized spacial score (nSPS) is 11.0. The average Bonchev–Trinajstić information content (AvgIpc) is 2.69. The summed E-state index contributed by atoms with van der Waals surface area (Å²) in [6, 6.07) is 3.25. The third kappa shape index (κ3) is 9.47. The van der Waals surface area contributed by atoms with Crippen molar-refractivity contribution >= 4 is 11.9 Å². The van der Waals surface area contributed by atoms with Gasteiger partial charge in [-0.25, -0.2) is 9.59 Å². The summed E-state index contributed by atoms with van der Waals surface area (Å²) in [5.74, 6) is -2.30. The molecule has 2 N–H and O–H groups in total. The van der Waals surface area contributed by atoms with Gasteiger partial charge in [0.1, 0.15) is 0 Å². The summed E-state index contributed by atoms with van der Waals surface area (Å²) in [6.07, 6.45) is 17.4. The first kappa shape index (κ1) is 25.2. The van der Waals surface area contributed by atoms with Gasteiger partial charge >= 0.3 is 11.9 Å². The fourth-order valence-electron chi connectivity index (χ4n) is 4.05. The maximum Gasteiger partial charge on any atom is 0.336 e. The second kappa shape index (κ2) is 15.1. The summed E-state index contributed by atoms with van der Waals surface area (Å²) >= 11 is 0. The number of carbonyl (C=O) groups is 2. The second-order valence-corrected chi connectivity index (χ2v) is 8.13. The fraction of sp³-hybridized carbons (Fsp3) is 0.680. The predicted octanol–water partition coefficient (Wildman–Crippen LogP) is 7.28. The van der Waals surface area contributed by atoms with E-state index in [1.54, 1.807) is 6.07 Å². The highest BCUT2D eigenvalue weighted by Gasteiger charge is 2.22. The number of hydrogen-bond donors (Lipinski definition) is 2. The van der Waals surface area contributed by atoms with Crippen LogP contribution in [-0.2, 0) is 12.8 Å². The molecule has 4 nitrogen and oxygen atoms in total. The molecule has 164 valence electrons. The molecule has 29 heavy (non-hydrogen) atoms. The van der Waals surface area contributed by atoms with Crippen molar-refractivity contribution in [3.8, 4) is 0 Å². The molecule has 0 atom stereocenters. The summed E-state index contributed by atoms with van der Waals surface area (Å²) in [7, 11) is 0. The van der Waals surface area contributed by atoms with Crippen LogP contribution in [0.2, 0.25) is 0 Å². The summed E-state index contributed by atoms with van der Waals surface area (Å²) < 4.78 is 0. The van der Waals surface area contributed by atoms with E-state index < -0.39 is 11.9 Å². The van der Waals surface area contributed by atoms with Crippen molar-refractivity contribution < 1.29 is 19.8 Å². The van der Waals surface area contributed by atoms with Crippen LogP contribution >= 0.6 is 0 Å². The predicted molar refractivity (Wildman–Crippen MR) is 119 cm³/mol. The van der Waals surface area contributed by atoms with Crippen LogP contribution in [0.4, 0.5) is 0 Å². The number of aryl methyl sites for hydroxylation is 1. The summed E-state index contributed by atoms with van der Waals surface area (Å²) in [5, 5.41) is 19.0. The van der Waals surface area contributed by atoms with Crippen LogP contribution in [0.3, 0.4) is 0 Å². The maximum absolute atomic E-state index is 11.8. The van der Waals surface area contributed by atoms with Gasteiger partial charge in [0.15, 0.2) is 0 Å². The molecule has 1 rings (SSSR count). The fourth-order valence-corrected chi connectivity index (χ4v) is 4.05. The number of benzene rings is 1. The third-order valence-electron chi connectivity index (χ3n) is 5.65. The monoisotopic (exact) mass is 404 g/mol. The lowest BCUT2D eigenvalue weighted by Gasteiger charge is -2.15. The van der Waals surface area contributed by atoms with E-state index in [-0.39, 0.29) is 11.1 Å². The van der Waals surface area contributed by atoms with E-state index in [0.29, 0.717) is 6.42 Å². The maximum atomic E-state index is 11.8. The van der Waals surface area contributed by atoms with E-state index in [4.69, 9.17) is 0 Å². The van der Waals surface area contributed by atoms with Crippen LogP contribution in [0.1, 0.15) is 129 Å². The van der Waals surface area contributed by atoms with Gasteiger partial charge in [-0.1, -0.05) is 97.0 Å². The Kier molecular flexibility index (Phi) is 13.1. The lowest BCUT2D eigenvalue weighted by Crippen LogP contribution is -2.14. The Bertz CT molecular complexity index is 621. The van der Waals surface area contributed by atoms with Crippen LogP contribution in [0.5, 0.6) is 0 Å². The molecule has 0 aliphatic carbocycles. The van der Waals surface area contributed by atoms with Crippen LogP contribution in [-0.4, -0.2) is 22.2 Å². The molecule has 0 fully saturated rings. The Morgan fingerprint density at radius 2 is 1.17 bits per heavy atom. The summed E-state index contributed by atoms with van der Waals surface area (Å²) in [4.78, 5) is 23.2. The zero-order chi connectivity index (χ0) is 21.5. The van der Waals surface area contributed by atoms with Gasteiger partial charge in [0.05, 0.1) is 11.1 Å². The minimum Gasteiger partial charge on any atom is -0.478 e. The van der Waals surface area contributed by atoms with E-state index >= 15 is 0 Å². The van der Waals surface area contributed by atoms with Gasteiger partial charge in [-0.15, -0.1) is 0 Å². The number of carboxylic acid groups (broad SMARTS) is 2. The van der Waals surface area contributed by atoms with Crippen LogP contribution < -0.4 is 0 Å². The SMILES string of the molecule is CCCCCCCCCCCCCCc1c(CCC)ccc(C(=O)O)c1C(=O)O. The molecule has 0 saturated carbocycles. The van der Waals surface area contributed by atoms with Crippen molar-refractivity contribution in [2.75, 3.05) is 0 Å². The van der Waals surface area contributed by atoms with Gasteiger partial charge in [-0.3, -0.25) is 0 Å². The first-order valence-corrected chi connectivity index (χ1v) is 11.6. The van der Waals surface area contributed by atoms with Crippen LogP contribution in [0, 0.1) is 0 Å². The Labute approximate surface area is 176 Å². The Morgan fingerprint density at radius 1 is 0.655 bits per heavy atom. The van der Waals surface area contributed by atoms with Crippen molar-refractivity contribution in [1.29, 1.82) is 0 Å². The Morgan fingerprint density at radius 3 is 1.62 bits per heavy atom. The molecule has 0 saturated heterocycles. The van der Waals surface area contributed by atoms with Crippen molar-refractivity contribution in [1.82, 2.24) is 0 Å². The number of aromatic carboxylic acids is 2. The van der Waals surface area contributed by atoms with E-state index in [0.717, 1.165) is 36.8 Å². The van der Waals surface area contributed by atoms with Gasteiger partial charge in [0.25, 0.3) is 0 Å². The highest BCUT2D eigenvalue weighted by Crippen LogP contribution is 2.24. The Hall–Kier alpha value is -1.84. The highest BCUT2D eigenvalue weighted by molar-refractivity contribution is 6.03. The van der Waals surface area contributed by atoms with E-state index in [9.17, 15) is 19.8 Å². The van der Waals surface area contributed by atoms with Gasteiger partial charge < -0.3 is 10.2 Å². The molecule has 0 amide bonds. The molecule has 0 spiro atoms. The quantitative estimate of drug-likeness (QED) is 0.267. The molecule has 0 aliphatic heterocycles. The van der Waals surface area contributed by atoms with Crippen molar-refractivity contribution in [2.45, 2.75) is 110 Å². The second-order valence-electron chi connectivity index (χ2n) is 8.13. The zero-order valence-corrected chi connectivity index (χ0v) is 18.5. The number of unbranched alkanes of at least 4 members (excludes halogenated alkanes) is 11. The molecule has 0 unspecified atom stereocenters. The summed E-state index contributed by atoms with van der Waals surface area (Å²) in [6.45, 7) is 4.30. The molecule has 4 heteroatoms. The van der Waals surface area contributed by atoms with Crippen LogP contribution in [0.25, 0.3) is 0 Å². The minimum atomic E-state index is -1.17. The lowest BCUT2D eigenvalue weighted by molar-refractivity contribution is 0.0650. The topological polar surface area (TPSA) is 74.6 Å².